The highest BCUT2D eigenvalue weighted by atomic mass is 35.5. The molecule has 0 aliphatic heterocycles. The van der Waals surface area contributed by atoms with E-state index in [4.69, 9.17) is 20.8 Å². The number of thiophene rings is 1. The standard InChI is InChI=1S/C19H13ClN4O2S/c1-11-2-4-14(20)16(8-11)25-9-12-3-5-15(26-12)17-22-18-13-6-7-27-19(13)21-10-24(18)23-17/h2-8,10H,9H2,1H3. The van der Waals surface area contributed by atoms with Crippen molar-refractivity contribution in [2.45, 2.75) is 13.5 Å². The molecule has 0 amide bonds. The Bertz CT molecular complexity index is 1270. The SMILES string of the molecule is Cc1ccc(Cl)c(OCc2ccc(-c3nc4c5ccsc5ncn4n3)o2)c1. The first-order valence-corrected chi connectivity index (χ1v) is 9.50. The van der Waals surface area contributed by atoms with Gasteiger partial charge in [-0.3, -0.25) is 0 Å². The van der Waals surface area contributed by atoms with E-state index in [0.717, 1.165) is 21.4 Å². The maximum atomic E-state index is 6.16. The van der Waals surface area contributed by atoms with Crippen LogP contribution >= 0.6 is 22.9 Å². The molecule has 0 aliphatic rings. The highest BCUT2D eigenvalue weighted by Crippen LogP contribution is 2.28. The first kappa shape index (κ1) is 16.3. The summed E-state index contributed by atoms with van der Waals surface area (Å²) < 4.78 is 13.3. The largest absolute Gasteiger partial charge is 0.484 e. The average molecular weight is 397 g/mol. The van der Waals surface area contributed by atoms with Gasteiger partial charge in [-0.15, -0.1) is 16.4 Å². The van der Waals surface area contributed by atoms with Crippen LogP contribution in [0, 0.1) is 6.92 Å². The monoisotopic (exact) mass is 396 g/mol. The van der Waals surface area contributed by atoms with Gasteiger partial charge in [0, 0.05) is 0 Å². The number of aryl methyl sites for hydroxylation is 1. The third-order valence-corrected chi connectivity index (χ3v) is 5.27. The van der Waals surface area contributed by atoms with Gasteiger partial charge in [-0.25, -0.2) is 14.5 Å². The summed E-state index contributed by atoms with van der Waals surface area (Å²) in [5.41, 5.74) is 1.84. The van der Waals surface area contributed by atoms with E-state index in [1.807, 2.05) is 48.7 Å². The summed E-state index contributed by atoms with van der Waals surface area (Å²) in [6, 6.07) is 11.3. The lowest BCUT2D eigenvalue weighted by Crippen LogP contribution is -1.94. The first-order chi connectivity index (χ1) is 13.2. The van der Waals surface area contributed by atoms with E-state index < -0.39 is 0 Å². The zero-order valence-electron chi connectivity index (χ0n) is 14.2. The molecule has 8 heteroatoms. The van der Waals surface area contributed by atoms with Gasteiger partial charge in [0.15, 0.2) is 11.4 Å². The van der Waals surface area contributed by atoms with Crippen LogP contribution in [0.5, 0.6) is 5.75 Å². The Morgan fingerprint density at radius 3 is 3.07 bits per heavy atom. The lowest BCUT2D eigenvalue weighted by molar-refractivity contribution is 0.272. The molecular weight excluding hydrogens is 384 g/mol. The zero-order chi connectivity index (χ0) is 18.4. The first-order valence-electron chi connectivity index (χ1n) is 8.24. The lowest BCUT2D eigenvalue weighted by Gasteiger charge is -2.07. The molecule has 0 unspecified atom stereocenters. The molecular formula is C19H13ClN4O2S. The minimum absolute atomic E-state index is 0.271. The Hall–Kier alpha value is -2.90. The van der Waals surface area contributed by atoms with E-state index in [1.165, 1.54) is 0 Å². The molecule has 0 radical (unpaired) electrons. The van der Waals surface area contributed by atoms with Crippen LogP contribution in [0.25, 0.3) is 27.4 Å². The van der Waals surface area contributed by atoms with E-state index in [1.54, 1.807) is 22.2 Å². The number of hydrogen-bond donors (Lipinski definition) is 0. The predicted octanol–water partition coefficient (Wildman–Crippen LogP) is 5.14. The quantitative estimate of drug-likeness (QED) is 0.421. The summed E-state index contributed by atoms with van der Waals surface area (Å²) in [6.45, 7) is 2.26. The molecule has 0 spiro atoms. The van der Waals surface area contributed by atoms with Crippen molar-refractivity contribution in [3.05, 3.63) is 64.5 Å². The van der Waals surface area contributed by atoms with Crippen LogP contribution in [0.4, 0.5) is 0 Å². The van der Waals surface area contributed by atoms with Gasteiger partial charge in [0.1, 0.15) is 29.3 Å². The third kappa shape index (κ3) is 2.94. The smallest absolute Gasteiger partial charge is 0.217 e. The van der Waals surface area contributed by atoms with Gasteiger partial charge >= 0.3 is 0 Å². The molecule has 0 aliphatic carbocycles. The highest BCUT2D eigenvalue weighted by Gasteiger charge is 2.14. The number of nitrogens with zero attached hydrogens (tertiary/aromatic N) is 4. The Balaban J connectivity index is 1.41. The van der Waals surface area contributed by atoms with Crippen LogP contribution in [-0.4, -0.2) is 19.6 Å². The second kappa shape index (κ2) is 6.37. The third-order valence-electron chi connectivity index (χ3n) is 4.14. The fourth-order valence-corrected chi connectivity index (χ4v) is 3.72. The second-order valence-electron chi connectivity index (χ2n) is 6.08. The van der Waals surface area contributed by atoms with Crippen molar-refractivity contribution in [1.29, 1.82) is 0 Å². The van der Waals surface area contributed by atoms with Gasteiger partial charge in [-0.1, -0.05) is 17.7 Å². The molecule has 27 heavy (non-hydrogen) atoms. The van der Waals surface area contributed by atoms with Crippen LogP contribution in [0.2, 0.25) is 5.02 Å². The maximum Gasteiger partial charge on any atom is 0.217 e. The molecule has 1 aromatic carbocycles. The van der Waals surface area contributed by atoms with E-state index in [9.17, 15) is 0 Å². The van der Waals surface area contributed by atoms with Crippen molar-refractivity contribution >= 4 is 38.8 Å². The second-order valence-corrected chi connectivity index (χ2v) is 7.38. The van der Waals surface area contributed by atoms with E-state index in [0.29, 0.717) is 28.1 Å². The predicted molar refractivity (Wildman–Crippen MR) is 104 cm³/mol. The molecule has 4 aromatic heterocycles. The fourth-order valence-electron chi connectivity index (χ4n) is 2.82. The summed E-state index contributed by atoms with van der Waals surface area (Å²) >= 11 is 7.74. The summed E-state index contributed by atoms with van der Waals surface area (Å²) in [7, 11) is 0. The number of halogens is 1. The van der Waals surface area contributed by atoms with E-state index in [2.05, 4.69) is 15.1 Å². The van der Waals surface area contributed by atoms with Gasteiger partial charge in [-0.2, -0.15) is 0 Å². The molecule has 5 aromatic rings. The molecule has 0 saturated carbocycles. The average Bonchev–Trinajstić information content (AvgIpc) is 3.39. The number of rotatable bonds is 4. The maximum absolute atomic E-state index is 6.16. The number of benzene rings is 1. The van der Waals surface area contributed by atoms with Crippen LogP contribution < -0.4 is 4.74 Å². The van der Waals surface area contributed by atoms with Crippen molar-refractivity contribution in [3.8, 4) is 17.3 Å². The van der Waals surface area contributed by atoms with Gasteiger partial charge in [0.25, 0.3) is 0 Å². The topological polar surface area (TPSA) is 65.5 Å². The number of fused-ring (bicyclic) bond motifs is 3. The summed E-state index contributed by atoms with van der Waals surface area (Å²) in [4.78, 5) is 9.91. The number of aromatic nitrogens is 4. The van der Waals surface area contributed by atoms with E-state index >= 15 is 0 Å². The van der Waals surface area contributed by atoms with Crippen molar-refractivity contribution in [1.82, 2.24) is 19.6 Å². The fraction of sp³-hybridized carbons (Fsp3) is 0.105. The summed E-state index contributed by atoms with van der Waals surface area (Å²) in [5.74, 6) is 2.39. The molecule has 4 heterocycles. The van der Waals surface area contributed by atoms with Crippen LogP contribution in [0.15, 0.2) is 52.5 Å². The van der Waals surface area contributed by atoms with Crippen molar-refractivity contribution < 1.29 is 9.15 Å². The molecule has 0 fully saturated rings. The minimum atomic E-state index is 0.271. The lowest BCUT2D eigenvalue weighted by atomic mass is 10.2. The summed E-state index contributed by atoms with van der Waals surface area (Å²) in [5, 5.41) is 8.00. The van der Waals surface area contributed by atoms with Crippen molar-refractivity contribution in [2.24, 2.45) is 0 Å². The number of hydrogen-bond acceptors (Lipinski definition) is 6. The van der Waals surface area contributed by atoms with Gasteiger partial charge in [0.05, 0.1) is 10.4 Å². The number of ether oxygens (including phenoxy) is 1. The highest BCUT2D eigenvalue weighted by molar-refractivity contribution is 7.16. The Morgan fingerprint density at radius 2 is 2.15 bits per heavy atom. The Kier molecular flexibility index (Phi) is 3.84. The zero-order valence-corrected chi connectivity index (χ0v) is 15.8. The molecule has 0 N–H and O–H groups in total. The normalized spacial score (nSPS) is 11.5. The molecule has 0 atom stereocenters. The van der Waals surface area contributed by atoms with Crippen LogP contribution in [0.3, 0.4) is 0 Å². The Morgan fingerprint density at radius 1 is 1.22 bits per heavy atom. The minimum Gasteiger partial charge on any atom is -0.484 e. The van der Waals surface area contributed by atoms with E-state index in [-0.39, 0.29) is 6.61 Å². The van der Waals surface area contributed by atoms with Crippen LogP contribution in [0.1, 0.15) is 11.3 Å². The molecule has 0 saturated heterocycles. The molecule has 6 nitrogen and oxygen atoms in total. The van der Waals surface area contributed by atoms with Crippen molar-refractivity contribution in [2.75, 3.05) is 0 Å². The molecule has 134 valence electrons. The Labute approximate surface area is 163 Å². The molecule has 5 rings (SSSR count). The van der Waals surface area contributed by atoms with Gasteiger partial charge < -0.3 is 9.15 Å². The van der Waals surface area contributed by atoms with Crippen LogP contribution in [-0.2, 0) is 6.61 Å². The summed E-state index contributed by atoms with van der Waals surface area (Å²) in [6.07, 6.45) is 1.66. The number of furan rings is 1. The molecule has 0 bridgehead atoms. The van der Waals surface area contributed by atoms with Gasteiger partial charge in [-0.05, 0) is 48.2 Å². The van der Waals surface area contributed by atoms with Crippen molar-refractivity contribution in [3.63, 3.8) is 0 Å². The van der Waals surface area contributed by atoms with Gasteiger partial charge in [0.2, 0.25) is 5.82 Å².